The normalized spacial score (nSPS) is 18.1. The van der Waals surface area contributed by atoms with Crippen molar-refractivity contribution < 1.29 is 14.6 Å². The van der Waals surface area contributed by atoms with E-state index in [1.807, 2.05) is 49.5 Å². The van der Waals surface area contributed by atoms with Gasteiger partial charge in [0.2, 0.25) is 0 Å². The number of para-hydroxylation sites is 1. The van der Waals surface area contributed by atoms with Crippen LogP contribution in [0.25, 0.3) is 5.69 Å². The number of aryl methyl sites for hydroxylation is 1. The summed E-state index contributed by atoms with van der Waals surface area (Å²) in [5.41, 5.74) is 3.33. The molecular weight excluding hydrogens is 430 g/mol. The molecule has 4 rings (SSSR count). The van der Waals surface area contributed by atoms with E-state index in [1.165, 1.54) is 0 Å². The number of halogens is 1. The maximum atomic E-state index is 13.1. The van der Waals surface area contributed by atoms with Gasteiger partial charge in [-0.3, -0.25) is 5.32 Å². The molecule has 9 heteroatoms. The number of carbonyl (C=O) groups is 1. The molecule has 1 aliphatic heterocycles. The summed E-state index contributed by atoms with van der Waals surface area (Å²) in [6.45, 7) is 3.52. The molecule has 0 aliphatic carbocycles. The van der Waals surface area contributed by atoms with Crippen LogP contribution in [0.5, 0.6) is 5.75 Å². The van der Waals surface area contributed by atoms with Gasteiger partial charge < -0.3 is 9.84 Å². The number of methoxy groups -OCH3 is 1. The number of aromatic nitrogens is 3. The fourth-order valence-electron chi connectivity index (χ4n) is 4.19. The third kappa shape index (κ3) is 4.09. The number of hydrogen-bond acceptors (Lipinski definition) is 5. The molecule has 0 radical (unpaired) electrons. The van der Waals surface area contributed by atoms with Crippen molar-refractivity contribution in [2.45, 2.75) is 26.3 Å². The first kappa shape index (κ1) is 22.3. The highest BCUT2D eigenvalue weighted by Crippen LogP contribution is 2.32. The van der Waals surface area contributed by atoms with Crippen molar-refractivity contribution in [3.8, 4) is 11.4 Å². The minimum absolute atomic E-state index is 0.0527. The molecule has 0 bridgehead atoms. The van der Waals surface area contributed by atoms with Crippen molar-refractivity contribution in [2.75, 3.05) is 26.8 Å². The van der Waals surface area contributed by atoms with Crippen LogP contribution in [0.2, 0.25) is 5.15 Å². The zero-order chi connectivity index (χ0) is 22.7. The highest BCUT2D eigenvalue weighted by Gasteiger charge is 2.46. The first-order valence-corrected chi connectivity index (χ1v) is 11.0. The van der Waals surface area contributed by atoms with Gasteiger partial charge in [-0.25, -0.2) is 14.5 Å². The van der Waals surface area contributed by atoms with E-state index in [-0.39, 0.29) is 17.1 Å². The largest absolute Gasteiger partial charge is 0.496 e. The summed E-state index contributed by atoms with van der Waals surface area (Å²) in [6, 6.07) is 11.4. The molecule has 1 unspecified atom stereocenters. The second-order valence-corrected chi connectivity index (χ2v) is 8.25. The number of urea groups is 1. The Hall–Kier alpha value is -2.94. The summed E-state index contributed by atoms with van der Waals surface area (Å²) < 4.78 is 7.32. The summed E-state index contributed by atoms with van der Waals surface area (Å²) in [6.07, 6.45) is 2.99. The Morgan fingerprint density at radius 1 is 1.31 bits per heavy atom. The third-order valence-corrected chi connectivity index (χ3v) is 6.13. The first-order valence-electron chi connectivity index (χ1n) is 10.6. The average Bonchev–Trinajstić information content (AvgIpc) is 3.41. The molecule has 0 spiro atoms. The predicted octanol–water partition coefficient (Wildman–Crippen LogP) is 3.39. The topological polar surface area (TPSA) is 89.3 Å². The molecule has 168 valence electrons. The minimum atomic E-state index is -0.0920. The Balaban J connectivity index is 1.76. The number of aliphatic hydroxyl groups excluding tert-OH is 1. The number of ether oxygens (including phenoxy) is 1. The zero-order valence-electron chi connectivity index (χ0n) is 18.2. The molecule has 1 saturated heterocycles. The number of nitrogens with zero attached hydrogens (tertiary/aromatic N) is 4. The first-order chi connectivity index (χ1) is 15.5. The van der Waals surface area contributed by atoms with Crippen LogP contribution in [-0.4, -0.2) is 52.7 Å². The van der Waals surface area contributed by atoms with Crippen molar-refractivity contribution in [1.29, 1.82) is 0 Å². The van der Waals surface area contributed by atoms with E-state index in [0.717, 1.165) is 28.3 Å². The molecule has 1 aromatic carbocycles. The van der Waals surface area contributed by atoms with E-state index in [4.69, 9.17) is 21.4 Å². The fourth-order valence-corrected chi connectivity index (χ4v) is 4.52. The van der Waals surface area contributed by atoms with E-state index < -0.39 is 0 Å². The van der Waals surface area contributed by atoms with Crippen LogP contribution in [0, 0.1) is 6.92 Å². The predicted molar refractivity (Wildman–Crippen MR) is 123 cm³/mol. The van der Waals surface area contributed by atoms with Gasteiger partial charge in [0.1, 0.15) is 24.0 Å². The van der Waals surface area contributed by atoms with Crippen molar-refractivity contribution in [3.05, 3.63) is 64.6 Å². The SMILES string of the molecule is COc1ccccc1C[N+]1(c2ccn(-c3cc(C)nc(Cl)c3CCCO)n2)CCNC1=O. The third-order valence-electron chi connectivity index (χ3n) is 5.81. The number of rotatable bonds is 8. The van der Waals surface area contributed by atoms with Crippen molar-refractivity contribution in [1.82, 2.24) is 24.6 Å². The molecule has 3 heterocycles. The standard InChI is InChI=1S/C23H26ClN5O3/c1-16-14-19(18(7-5-13-30)22(24)26-16)28-11-9-21(27-28)29(12-10-25-23(29)31)15-17-6-3-4-8-20(17)32-2/h3-4,6,8-9,11,14,30H,5,7,10,12-13,15H2,1-2H3/p+1. The quantitative estimate of drug-likeness (QED) is 0.400. The lowest BCUT2D eigenvalue weighted by atomic mass is 10.1. The Morgan fingerprint density at radius 2 is 2.12 bits per heavy atom. The zero-order valence-corrected chi connectivity index (χ0v) is 19.0. The van der Waals surface area contributed by atoms with Crippen molar-refractivity contribution in [2.24, 2.45) is 0 Å². The number of hydrogen-bond donors (Lipinski definition) is 2. The Labute approximate surface area is 192 Å². The van der Waals surface area contributed by atoms with Crippen LogP contribution in [0.1, 0.15) is 23.2 Å². The van der Waals surface area contributed by atoms with Gasteiger partial charge in [0.25, 0.3) is 5.82 Å². The van der Waals surface area contributed by atoms with Crippen LogP contribution >= 0.6 is 11.6 Å². The van der Waals surface area contributed by atoms with Gasteiger partial charge in [-0.15, -0.1) is 5.10 Å². The Bertz CT molecular complexity index is 1130. The van der Waals surface area contributed by atoms with E-state index in [9.17, 15) is 9.90 Å². The number of aliphatic hydroxyl groups is 1. The minimum Gasteiger partial charge on any atom is -0.496 e. The highest BCUT2D eigenvalue weighted by atomic mass is 35.5. The molecule has 32 heavy (non-hydrogen) atoms. The van der Waals surface area contributed by atoms with Gasteiger partial charge in [0, 0.05) is 35.7 Å². The summed E-state index contributed by atoms with van der Waals surface area (Å²) in [5, 5.41) is 17.5. The van der Waals surface area contributed by atoms with E-state index in [1.54, 1.807) is 11.8 Å². The number of pyridine rings is 1. The summed E-state index contributed by atoms with van der Waals surface area (Å²) in [4.78, 5) is 17.4. The molecule has 1 atom stereocenters. The average molecular weight is 457 g/mol. The number of benzene rings is 1. The van der Waals surface area contributed by atoms with Crippen LogP contribution in [-0.2, 0) is 13.0 Å². The summed E-state index contributed by atoms with van der Waals surface area (Å²) in [5.74, 6) is 1.39. The van der Waals surface area contributed by atoms with Gasteiger partial charge in [-0.2, -0.15) is 4.48 Å². The van der Waals surface area contributed by atoms with Crippen LogP contribution in [0.4, 0.5) is 10.6 Å². The maximum Gasteiger partial charge on any atom is 0.423 e. The van der Waals surface area contributed by atoms with Crippen molar-refractivity contribution in [3.63, 3.8) is 0 Å². The van der Waals surface area contributed by atoms with E-state index in [0.29, 0.717) is 43.4 Å². The van der Waals surface area contributed by atoms with E-state index >= 15 is 0 Å². The molecule has 1 aliphatic rings. The van der Waals surface area contributed by atoms with Crippen LogP contribution in [0.3, 0.4) is 0 Å². The molecule has 2 aromatic heterocycles. The molecule has 0 saturated carbocycles. The number of nitrogens with one attached hydrogen (secondary N) is 1. The monoisotopic (exact) mass is 456 g/mol. The fraction of sp³-hybridized carbons (Fsp3) is 0.348. The molecule has 3 aromatic rings. The summed E-state index contributed by atoms with van der Waals surface area (Å²) >= 11 is 6.43. The van der Waals surface area contributed by atoms with Gasteiger partial charge >= 0.3 is 6.03 Å². The lowest BCUT2D eigenvalue weighted by Crippen LogP contribution is -2.51. The number of carbonyl (C=O) groups excluding carboxylic acids is 1. The van der Waals surface area contributed by atoms with Crippen LogP contribution in [0.15, 0.2) is 42.6 Å². The Kier molecular flexibility index (Phi) is 6.45. The van der Waals surface area contributed by atoms with E-state index in [2.05, 4.69) is 10.3 Å². The number of quaternary nitrogens is 1. The summed E-state index contributed by atoms with van der Waals surface area (Å²) in [7, 11) is 1.63. The molecular formula is C23H27ClN5O3+. The number of amides is 2. The lowest BCUT2D eigenvalue weighted by molar-refractivity contribution is 0.213. The molecule has 2 N–H and O–H groups in total. The molecule has 2 amide bonds. The Morgan fingerprint density at radius 3 is 2.84 bits per heavy atom. The lowest BCUT2D eigenvalue weighted by Gasteiger charge is -2.27. The molecule has 8 nitrogen and oxygen atoms in total. The highest BCUT2D eigenvalue weighted by molar-refractivity contribution is 6.30. The van der Waals surface area contributed by atoms with Crippen LogP contribution < -0.4 is 14.5 Å². The smallest absolute Gasteiger partial charge is 0.423 e. The second kappa shape index (κ2) is 9.28. The second-order valence-electron chi connectivity index (χ2n) is 7.89. The van der Waals surface area contributed by atoms with Gasteiger partial charge in [0.15, 0.2) is 0 Å². The van der Waals surface area contributed by atoms with Gasteiger partial charge in [-0.05, 0) is 38.0 Å². The van der Waals surface area contributed by atoms with Crippen molar-refractivity contribution >= 4 is 23.4 Å². The maximum absolute atomic E-state index is 13.1. The van der Waals surface area contributed by atoms with Gasteiger partial charge in [0.05, 0.1) is 19.3 Å². The van der Waals surface area contributed by atoms with Gasteiger partial charge in [-0.1, -0.05) is 23.7 Å². The molecule has 1 fully saturated rings.